The van der Waals surface area contributed by atoms with Gasteiger partial charge in [-0.1, -0.05) is 42.5 Å². The molecule has 3 heterocycles. The molecule has 0 aliphatic carbocycles. The van der Waals surface area contributed by atoms with Gasteiger partial charge in [-0.05, 0) is 68.4 Å². The lowest BCUT2D eigenvalue weighted by Gasteiger charge is -2.39. The van der Waals surface area contributed by atoms with Crippen LogP contribution in [0.2, 0.25) is 0 Å². The maximum Gasteiger partial charge on any atom is 0.312 e. The van der Waals surface area contributed by atoms with Crippen molar-refractivity contribution in [2.45, 2.75) is 62.3 Å². The number of likely N-dealkylation sites (tertiary alicyclic amines) is 1. The third-order valence-electron chi connectivity index (χ3n) is 9.17. The van der Waals surface area contributed by atoms with E-state index in [1.807, 2.05) is 36.4 Å². The molecule has 0 saturated carbocycles. The smallest absolute Gasteiger partial charge is 0.312 e. The lowest BCUT2D eigenvalue weighted by molar-refractivity contribution is -0.156. The number of ether oxygens (including phenoxy) is 3. The molecule has 3 fully saturated rings. The Hall–Kier alpha value is -3.95. The van der Waals surface area contributed by atoms with Crippen LogP contribution in [0.25, 0.3) is 0 Å². The van der Waals surface area contributed by atoms with E-state index in [0.717, 1.165) is 18.4 Å². The normalized spacial score (nSPS) is 25.8. The summed E-state index contributed by atoms with van der Waals surface area (Å²) in [5.41, 5.74) is 0.301. The minimum Gasteiger partial charge on any atom is -0.497 e. The van der Waals surface area contributed by atoms with Gasteiger partial charge in [0.05, 0.1) is 44.3 Å². The third kappa shape index (κ3) is 5.78. The molecule has 3 saturated heterocycles. The standard InChI is InChI=1S/C35H42N2O7/c1-4-6-7-11-21-43-34(41)29-28-18-19-35(44-28)30(29)32(39)37(26(23-38)22-24-12-9-8-10-13-24)31(35)33(40)36(20-5-2)25-14-16-27(42-3)17-15-25/h4-5,8-10,12-17,26,28-31,38H,1-2,6-7,11,18-23H2,3H3/t26-,28+,29-,30+,31?,35?/m1/s1. The molecule has 6 atom stereocenters. The van der Waals surface area contributed by atoms with Crippen LogP contribution < -0.4 is 9.64 Å². The van der Waals surface area contributed by atoms with Crippen LogP contribution in [0.15, 0.2) is 79.9 Å². The Balaban J connectivity index is 1.52. The van der Waals surface area contributed by atoms with Gasteiger partial charge in [0.15, 0.2) is 0 Å². The fraction of sp³-hybridized carbons (Fsp3) is 0.457. The molecule has 5 rings (SSSR count). The monoisotopic (exact) mass is 602 g/mol. The zero-order chi connectivity index (χ0) is 31.3. The van der Waals surface area contributed by atoms with Crippen molar-refractivity contribution in [1.29, 1.82) is 0 Å². The Morgan fingerprint density at radius 1 is 1.14 bits per heavy atom. The molecule has 2 aromatic carbocycles. The molecule has 3 aliphatic heterocycles. The second-order valence-electron chi connectivity index (χ2n) is 11.7. The number of rotatable bonds is 15. The molecule has 2 unspecified atom stereocenters. The molecule has 9 nitrogen and oxygen atoms in total. The number of allylic oxidation sites excluding steroid dienone is 1. The first kappa shape index (κ1) is 31.5. The molecule has 0 aromatic heterocycles. The predicted octanol–water partition coefficient (Wildman–Crippen LogP) is 4.09. The summed E-state index contributed by atoms with van der Waals surface area (Å²) >= 11 is 0. The molecule has 2 amide bonds. The molecular weight excluding hydrogens is 560 g/mol. The molecule has 1 N–H and O–H groups in total. The summed E-state index contributed by atoms with van der Waals surface area (Å²) in [4.78, 5) is 45.9. The lowest BCUT2D eigenvalue weighted by Crippen LogP contribution is -2.59. The van der Waals surface area contributed by atoms with Crippen LogP contribution in [0.4, 0.5) is 5.69 Å². The molecule has 1 spiro atoms. The number of amides is 2. The SMILES string of the molecule is C=CCCCCOC(=O)[C@@H]1[C@@H]2CCC3(O2)C(C(=O)N(CC=C)c2ccc(OC)cc2)N([C@@H](CO)Cc2ccccc2)C(=O)[C@H]13. The highest BCUT2D eigenvalue weighted by Crippen LogP contribution is 2.59. The average molecular weight is 603 g/mol. The van der Waals surface area contributed by atoms with Crippen molar-refractivity contribution < 1.29 is 33.7 Å². The Morgan fingerprint density at radius 3 is 2.55 bits per heavy atom. The number of carbonyl (C=O) groups is 3. The number of benzene rings is 2. The Kier molecular flexibility index (Phi) is 9.86. The second kappa shape index (κ2) is 13.8. The molecule has 234 valence electrons. The summed E-state index contributed by atoms with van der Waals surface area (Å²) in [7, 11) is 1.57. The fourth-order valence-electron chi connectivity index (χ4n) is 7.19. The van der Waals surface area contributed by atoms with E-state index in [1.54, 1.807) is 42.4 Å². The Labute approximate surface area is 259 Å². The summed E-state index contributed by atoms with van der Waals surface area (Å²) in [6.45, 7) is 7.66. The van der Waals surface area contributed by atoms with E-state index in [4.69, 9.17) is 14.2 Å². The van der Waals surface area contributed by atoms with Gasteiger partial charge in [-0.25, -0.2) is 0 Å². The molecule has 3 aliphatic rings. The number of carbonyl (C=O) groups excluding carboxylic acids is 3. The first-order chi connectivity index (χ1) is 21.4. The van der Waals surface area contributed by atoms with Gasteiger partial charge in [0.1, 0.15) is 17.4 Å². The number of anilines is 1. The van der Waals surface area contributed by atoms with Crippen LogP contribution in [-0.4, -0.2) is 78.4 Å². The second-order valence-corrected chi connectivity index (χ2v) is 11.7. The Bertz CT molecular complexity index is 1350. The van der Waals surface area contributed by atoms with E-state index in [-0.39, 0.29) is 31.6 Å². The van der Waals surface area contributed by atoms with Crippen molar-refractivity contribution in [1.82, 2.24) is 4.90 Å². The first-order valence-electron chi connectivity index (χ1n) is 15.4. The maximum absolute atomic E-state index is 14.8. The highest BCUT2D eigenvalue weighted by atomic mass is 16.6. The van der Waals surface area contributed by atoms with Gasteiger partial charge in [-0.3, -0.25) is 14.4 Å². The minimum atomic E-state index is -1.22. The van der Waals surface area contributed by atoms with E-state index in [0.29, 0.717) is 37.1 Å². The molecule has 2 bridgehead atoms. The molecule has 44 heavy (non-hydrogen) atoms. The van der Waals surface area contributed by atoms with Gasteiger partial charge >= 0.3 is 5.97 Å². The summed E-state index contributed by atoms with van der Waals surface area (Å²) in [6, 6.07) is 14.9. The van der Waals surface area contributed by atoms with E-state index in [9.17, 15) is 19.5 Å². The van der Waals surface area contributed by atoms with Gasteiger partial charge in [0, 0.05) is 12.2 Å². The van der Waals surface area contributed by atoms with E-state index >= 15 is 0 Å². The highest BCUT2D eigenvalue weighted by Gasteiger charge is 2.75. The minimum absolute atomic E-state index is 0.187. The van der Waals surface area contributed by atoms with Crippen molar-refractivity contribution in [3.63, 3.8) is 0 Å². The van der Waals surface area contributed by atoms with Crippen LogP contribution in [0.3, 0.4) is 0 Å². The van der Waals surface area contributed by atoms with Gasteiger partial charge < -0.3 is 29.1 Å². The first-order valence-corrected chi connectivity index (χ1v) is 15.4. The van der Waals surface area contributed by atoms with Crippen LogP contribution in [-0.2, 0) is 30.3 Å². The van der Waals surface area contributed by atoms with E-state index < -0.39 is 41.6 Å². The predicted molar refractivity (Wildman–Crippen MR) is 166 cm³/mol. The molecule has 0 radical (unpaired) electrons. The number of hydrogen-bond acceptors (Lipinski definition) is 7. The van der Waals surface area contributed by atoms with Crippen molar-refractivity contribution in [2.75, 3.05) is 31.8 Å². The van der Waals surface area contributed by atoms with Gasteiger partial charge in [-0.15, -0.1) is 13.2 Å². The number of hydrogen-bond donors (Lipinski definition) is 1. The summed E-state index contributed by atoms with van der Waals surface area (Å²) in [6.07, 6.45) is 6.62. The molecular formula is C35H42N2O7. The summed E-state index contributed by atoms with van der Waals surface area (Å²) < 4.78 is 17.6. The summed E-state index contributed by atoms with van der Waals surface area (Å²) in [5.74, 6) is -2.24. The van der Waals surface area contributed by atoms with Crippen molar-refractivity contribution in [2.24, 2.45) is 11.8 Å². The quantitative estimate of drug-likeness (QED) is 0.186. The topological polar surface area (TPSA) is 106 Å². The van der Waals surface area contributed by atoms with Crippen LogP contribution in [0, 0.1) is 11.8 Å². The maximum atomic E-state index is 14.8. The number of aliphatic hydroxyl groups is 1. The van der Waals surface area contributed by atoms with E-state index in [2.05, 4.69) is 13.2 Å². The molecule has 9 heteroatoms. The van der Waals surface area contributed by atoms with Crippen molar-refractivity contribution >= 4 is 23.5 Å². The third-order valence-corrected chi connectivity index (χ3v) is 9.17. The molecule has 2 aromatic rings. The number of fused-ring (bicyclic) bond motifs is 1. The number of methoxy groups -OCH3 is 1. The van der Waals surface area contributed by atoms with Gasteiger partial charge in [-0.2, -0.15) is 0 Å². The highest BCUT2D eigenvalue weighted by molar-refractivity contribution is 6.04. The average Bonchev–Trinajstić information content (AvgIpc) is 3.70. The van der Waals surface area contributed by atoms with Crippen molar-refractivity contribution in [3.8, 4) is 5.75 Å². The van der Waals surface area contributed by atoms with Crippen LogP contribution >= 0.6 is 0 Å². The zero-order valence-electron chi connectivity index (χ0n) is 25.3. The number of nitrogens with zero attached hydrogens (tertiary/aromatic N) is 2. The number of esters is 1. The number of unbranched alkanes of at least 4 members (excludes halogenated alkanes) is 2. The largest absolute Gasteiger partial charge is 0.497 e. The zero-order valence-corrected chi connectivity index (χ0v) is 25.3. The van der Waals surface area contributed by atoms with E-state index in [1.165, 1.54) is 4.90 Å². The van der Waals surface area contributed by atoms with Crippen LogP contribution in [0.5, 0.6) is 5.75 Å². The van der Waals surface area contributed by atoms with Crippen LogP contribution in [0.1, 0.15) is 37.7 Å². The van der Waals surface area contributed by atoms with Gasteiger partial charge in [0.2, 0.25) is 5.91 Å². The lowest BCUT2D eigenvalue weighted by atomic mass is 9.70. The fourth-order valence-corrected chi connectivity index (χ4v) is 7.19. The van der Waals surface area contributed by atoms with Crippen molar-refractivity contribution in [3.05, 3.63) is 85.5 Å². The Morgan fingerprint density at radius 2 is 1.89 bits per heavy atom. The number of aliphatic hydroxyl groups excluding tert-OH is 1. The summed E-state index contributed by atoms with van der Waals surface area (Å²) in [5, 5.41) is 10.7. The van der Waals surface area contributed by atoms with Gasteiger partial charge in [0.25, 0.3) is 5.91 Å².